The van der Waals surface area contributed by atoms with Gasteiger partial charge in [0, 0.05) is 37.2 Å². The molecule has 0 aromatic carbocycles. The Kier molecular flexibility index (Phi) is 12.2. The van der Waals surface area contributed by atoms with Crippen molar-refractivity contribution in [2.75, 3.05) is 25.0 Å². The summed E-state index contributed by atoms with van der Waals surface area (Å²) in [6.07, 6.45) is 8.57. The number of anilines is 1. The summed E-state index contributed by atoms with van der Waals surface area (Å²) in [7, 11) is 0. The Morgan fingerprint density at radius 2 is 1.76 bits per heavy atom. The van der Waals surface area contributed by atoms with Crippen LogP contribution in [0.2, 0.25) is 0 Å². The Hall–Kier alpha value is -1.34. The molecule has 2 N–H and O–H groups in total. The number of nitrogens with one attached hydrogen (secondary N) is 2. The zero-order valence-corrected chi connectivity index (χ0v) is 16.2. The van der Waals surface area contributed by atoms with Crippen LogP contribution < -0.4 is 15.4 Å². The van der Waals surface area contributed by atoms with Gasteiger partial charge in [0.2, 0.25) is 11.8 Å². The van der Waals surface area contributed by atoms with E-state index >= 15 is 0 Å². The minimum Gasteiger partial charge on any atom is -0.473 e. The summed E-state index contributed by atoms with van der Waals surface area (Å²) >= 11 is 0. The van der Waals surface area contributed by atoms with E-state index in [1.165, 1.54) is 5.56 Å². The summed E-state index contributed by atoms with van der Waals surface area (Å²) in [5, 5.41) is 6.63. The number of aryl methyl sites for hydroxylation is 1. The number of nitrogens with zero attached hydrogens (tertiary/aromatic N) is 3. The van der Waals surface area contributed by atoms with Crippen molar-refractivity contribution in [3.8, 4) is 5.88 Å². The summed E-state index contributed by atoms with van der Waals surface area (Å²) in [6.45, 7) is 2.65. The Labute approximate surface area is 166 Å². The van der Waals surface area contributed by atoms with Crippen LogP contribution in [-0.2, 0) is 6.42 Å². The zero-order chi connectivity index (χ0) is 15.0. The molecule has 25 heavy (non-hydrogen) atoms. The fourth-order valence-electron chi connectivity index (χ4n) is 2.46. The van der Waals surface area contributed by atoms with E-state index in [4.69, 9.17) is 4.74 Å². The molecule has 0 saturated carbocycles. The van der Waals surface area contributed by atoms with Gasteiger partial charge in [0.15, 0.2) is 0 Å². The summed E-state index contributed by atoms with van der Waals surface area (Å²) in [6, 6.07) is 5.86. The molecule has 2 aromatic rings. The largest absolute Gasteiger partial charge is 0.473 e. The Balaban J connectivity index is 0.00000192. The molecule has 0 bridgehead atoms. The Morgan fingerprint density at radius 1 is 1.00 bits per heavy atom. The van der Waals surface area contributed by atoms with Crippen molar-refractivity contribution in [3.63, 3.8) is 0 Å². The molecule has 0 fully saturated rings. The van der Waals surface area contributed by atoms with Crippen LogP contribution in [0.3, 0.4) is 0 Å². The van der Waals surface area contributed by atoms with Gasteiger partial charge in [-0.15, -0.1) is 37.2 Å². The van der Waals surface area contributed by atoms with Crippen LogP contribution in [0, 0.1) is 0 Å². The number of aromatic nitrogens is 3. The van der Waals surface area contributed by atoms with Gasteiger partial charge in [0.25, 0.3) is 0 Å². The highest BCUT2D eigenvalue weighted by Crippen LogP contribution is 2.24. The molecular formula is C16H24Cl3N5O. The maximum Gasteiger partial charge on any atom is 0.222 e. The van der Waals surface area contributed by atoms with Gasteiger partial charge in [-0.25, -0.2) is 15.0 Å². The van der Waals surface area contributed by atoms with Crippen molar-refractivity contribution in [2.45, 2.75) is 25.4 Å². The molecule has 0 aliphatic carbocycles. The van der Waals surface area contributed by atoms with Crippen LogP contribution in [-0.4, -0.2) is 40.7 Å². The second-order valence-corrected chi connectivity index (χ2v) is 5.30. The molecule has 0 saturated heterocycles. The van der Waals surface area contributed by atoms with E-state index in [2.05, 4.69) is 31.7 Å². The maximum atomic E-state index is 5.90. The van der Waals surface area contributed by atoms with Crippen LogP contribution in [0.4, 0.5) is 5.95 Å². The number of hydrogen-bond donors (Lipinski definition) is 2. The van der Waals surface area contributed by atoms with E-state index < -0.39 is 0 Å². The van der Waals surface area contributed by atoms with Crippen molar-refractivity contribution in [2.24, 2.45) is 0 Å². The van der Waals surface area contributed by atoms with Gasteiger partial charge in [-0.05, 0) is 37.9 Å². The van der Waals surface area contributed by atoms with Gasteiger partial charge in [-0.3, -0.25) is 0 Å². The lowest BCUT2D eigenvalue weighted by Crippen LogP contribution is -2.35. The number of halogens is 3. The monoisotopic (exact) mass is 407 g/mol. The molecule has 1 aliphatic heterocycles. The molecule has 3 rings (SSSR count). The third-order valence-corrected chi connectivity index (χ3v) is 3.62. The highest BCUT2D eigenvalue weighted by atomic mass is 35.5. The van der Waals surface area contributed by atoms with Crippen molar-refractivity contribution < 1.29 is 4.74 Å². The lowest BCUT2D eigenvalue weighted by atomic mass is 10.1. The van der Waals surface area contributed by atoms with Crippen LogP contribution >= 0.6 is 37.2 Å². The topological polar surface area (TPSA) is 72.0 Å². The van der Waals surface area contributed by atoms with Gasteiger partial charge in [0.05, 0.1) is 0 Å². The van der Waals surface area contributed by atoms with Gasteiger partial charge < -0.3 is 15.4 Å². The number of hydrogen-bond acceptors (Lipinski definition) is 6. The SMILES string of the molecule is Cl.Cl.Cl.c1cnc(NCCCNCC2CCc3cccnc3O2)nc1. The number of pyridine rings is 1. The van der Waals surface area contributed by atoms with Crippen molar-refractivity contribution in [1.82, 2.24) is 20.3 Å². The van der Waals surface area contributed by atoms with E-state index in [1.54, 1.807) is 18.6 Å². The van der Waals surface area contributed by atoms with Crippen molar-refractivity contribution in [1.29, 1.82) is 0 Å². The third-order valence-electron chi connectivity index (χ3n) is 3.62. The maximum absolute atomic E-state index is 5.90. The average Bonchev–Trinajstić information content (AvgIpc) is 2.59. The van der Waals surface area contributed by atoms with E-state index in [-0.39, 0.29) is 43.3 Å². The lowest BCUT2D eigenvalue weighted by molar-refractivity contribution is 0.163. The molecule has 0 amide bonds. The molecule has 2 aromatic heterocycles. The fraction of sp³-hybridized carbons (Fsp3) is 0.438. The number of fused-ring (bicyclic) bond motifs is 1. The van der Waals surface area contributed by atoms with Crippen LogP contribution in [0.5, 0.6) is 5.88 Å². The first kappa shape index (κ1) is 23.7. The molecule has 0 spiro atoms. The first-order chi connectivity index (χ1) is 10.9. The highest BCUT2D eigenvalue weighted by Gasteiger charge is 2.19. The lowest BCUT2D eigenvalue weighted by Gasteiger charge is -2.25. The normalized spacial score (nSPS) is 14.6. The van der Waals surface area contributed by atoms with E-state index in [0.717, 1.165) is 44.8 Å². The number of rotatable bonds is 7. The molecule has 1 atom stereocenters. The van der Waals surface area contributed by atoms with Gasteiger partial charge in [0.1, 0.15) is 6.10 Å². The van der Waals surface area contributed by atoms with E-state index in [1.807, 2.05) is 12.1 Å². The Bertz CT molecular complexity index is 591. The minimum absolute atomic E-state index is 0. The van der Waals surface area contributed by atoms with Gasteiger partial charge in [-0.2, -0.15) is 0 Å². The summed E-state index contributed by atoms with van der Waals surface area (Å²) in [5.41, 5.74) is 1.21. The van der Waals surface area contributed by atoms with Crippen LogP contribution in [0.15, 0.2) is 36.8 Å². The first-order valence-electron chi connectivity index (χ1n) is 7.74. The summed E-state index contributed by atoms with van der Waals surface area (Å²) in [5.74, 6) is 1.48. The second-order valence-electron chi connectivity index (χ2n) is 5.30. The minimum atomic E-state index is 0. The molecule has 9 heteroatoms. The molecule has 1 unspecified atom stereocenters. The second kappa shape index (κ2) is 12.9. The predicted molar refractivity (Wildman–Crippen MR) is 107 cm³/mol. The van der Waals surface area contributed by atoms with E-state index in [0.29, 0.717) is 5.95 Å². The van der Waals surface area contributed by atoms with Crippen LogP contribution in [0.25, 0.3) is 0 Å². The molecule has 140 valence electrons. The van der Waals surface area contributed by atoms with E-state index in [9.17, 15) is 0 Å². The summed E-state index contributed by atoms with van der Waals surface area (Å²) < 4.78 is 5.90. The molecular weight excluding hydrogens is 385 g/mol. The van der Waals surface area contributed by atoms with Crippen LogP contribution in [0.1, 0.15) is 18.4 Å². The van der Waals surface area contributed by atoms with Crippen molar-refractivity contribution >= 4 is 43.2 Å². The molecule has 1 aliphatic rings. The number of ether oxygens (including phenoxy) is 1. The standard InChI is InChI=1S/C16H21N5O.3ClH/c1-4-13-5-6-14(22-15(13)18-8-1)12-17-7-2-9-19-16-20-10-3-11-21-16;;;/h1,3-4,8,10-11,14,17H,2,5-7,9,12H2,(H,19,20,21);3*1H. The van der Waals surface area contributed by atoms with Gasteiger partial charge >= 0.3 is 0 Å². The average molecular weight is 409 g/mol. The summed E-state index contributed by atoms with van der Waals surface area (Å²) in [4.78, 5) is 12.5. The molecule has 3 heterocycles. The smallest absolute Gasteiger partial charge is 0.222 e. The third kappa shape index (κ3) is 7.61. The fourth-order valence-corrected chi connectivity index (χ4v) is 2.46. The van der Waals surface area contributed by atoms with Crippen molar-refractivity contribution in [3.05, 3.63) is 42.4 Å². The highest BCUT2D eigenvalue weighted by molar-refractivity contribution is 5.86. The first-order valence-corrected chi connectivity index (χ1v) is 7.74. The Morgan fingerprint density at radius 3 is 2.56 bits per heavy atom. The molecule has 6 nitrogen and oxygen atoms in total. The zero-order valence-electron chi connectivity index (χ0n) is 13.8. The molecule has 0 radical (unpaired) electrons. The quantitative estimate of drug-likeness (QED) is 0.686. The predicted octanol–water partition coefficient (Wildman–Crippen LogP) is 2.92. The van der Waals surface area contributed by atoms with Gasteiger partial charge in [-0.1, -0.05) is 6.07 Å².